The number of carbonyl (C=O) groups excluding carboxylic acids is 4. The number of benzene rings is 2. The molecule has 2 aliphatic heterocycles. The quantitative estimate of drug-likeness (QED) is 0.354. The van der Waals surface area contributed by atoms with Gasteiger partial charge < -0.3 is 5.11 Å². The third kappa shape index (κ3) is 3.15. The van der Waals surface area contributed by atoms with Crippen molar-refractivity contribution in [2.75, 3.05) is 7.05 Å². The lowest BCUT2D eigenvalue weighted by molar-refractivity contribution is -0.141. The van der Waals surface area contributed by atoms with Gasteiger partial charge in [0.15, 0.2) is 9.75 Å². The second-order valence-corrected chi connectivity index (χ2v) is 12.0. The molecule has 4 amide bonds. The molecule has 1 N–H and O–H groups in total. The molecular weight excluding hydrogens is 527 g/mol. The second kappa shape index (κ2) is 8.42. The molecule has 0 spiro atoms. The number of aromatic hydroxyl groups is 1. The highest BCUT2D eigenvalue weighted by molar-refractivity contribution is 6.53. The van der Waals surface area contributed by atoms with E-state index in [2.05, 4.69) is 0 Å². The normalized spacial score (nSPS) is 34.3. The summed E-state index contributed by atoms with van der Waals surface area (Å²) in [5.74, 6) is -4.34. The van der Waals surface area contributed by atoms with Crippen molar-refractivity contribution in [3.05, 3.63) is 76.9 Å². The van der Waals surface area contributed by atoms with Crippen LogP contribution in [0.3, 0.4) is 0 Å². The number of halogens is 2. The Morgan fingerprint density at radius 1 is 0.974 bits per heavy atom. The lowest BCUT2D eigenvalue weighted by Gasteiger charge is -2.50. The number of nitrogens with zero attached hydrogens (tertiary/aromatic N) is 2. The van der Waals surface area contributed by atoms with Crippen molar-refractivity contribution in [3.63, 3.8) is 0 Å². The number of phenolic OH excluding ortho intramolecular Hbond substituents is 1. The van der Waals surface area contributed by atoms with Crippen LogP contribution < -0.4 is 0 Å². The SMILES string of the molecule is Cc1cc([C@H]2C3=CC[C@@H]4C(=O)N(Cc5ccccc5)C(=O)[C@@H]4[C@@H]3C[C@@]3(Cl)C(=O)N(C)C(=O)[C@@]23Cl)ccc1O. The van der Waals surface area contributed by atoms with Crippen molar-refractivity contribution in [2.45, 2.75) is 42.0 Å². The van der Waals surface area contributed by atoms with Crippen LogP contribution in [0.1, 0.15) is 35.4 Å². The van der Waals surface area contributed by atoms with Gasteiger partial charge in [0.25, 0.3) is 11.8 Å². The van der Waals surface area contributed by atoms with E-state index in [1.54, 1.807) is 19.1 Å². The van der Waals surface area contributed by atoms with E-state index in [1.807, 2.05) is 36.4 Å². The first-order chi connectivity index (χ1) is 18.0. The lowest BCUT2D eigenvalue weighted by atomic mass is 9.56. The number of rotatable bonds is 3. The van der Waals surface area contributed by atoms with Gasteiger partial charge in [-0.25, -0.2) is 0 Å². The lowest BCUT2D eigenvalue weighted by Crippen LogP contribution is -2.60. The van der Waals surface area contributed by atoms with E-state index >= 15 is 0 Å². The molecule has 2 heterocycles. The number of hydrogen-bond donors (Lipinski definition) is 1. The van der Waals surface area contributed by atoms with Gasteiger partial charge in [0.1, 0.15) is 5.75 Å². The van der Waals surface area contributed by atoms with E-state index < -0.39 is 45.2 Å². The van der Waals surface area contributed by atoms with Gasteiger partial charge in [-0.2, -0.15) is 0 Å². The summed E-state index contributed by atoms with van der Waals surface area (Å²) in [6.07, 6.45) is 2.19. The van der Waals surface area contributed by atoms with Gasteiger partial charge in [0.05, 0.1) is 18.4 Å². The molecule has 7 nitrogen and oxygen atoms in total. The van der Waals surface area contributed by atoms with Gasteiger partial charge in [-0.15, -0.1) is 23.2 Å². The molecule has 0 unspecified atom stereocenters. The number of amides is 4. The van der Waals surface area contributed by atoms with Crippen LogP contribution in [0.5, 0.6) is 5.75 Å². The van der Waals surface area contributed by atoms with E-state index in [4.69, 9.17) is 23.2 Å². The molecule has 2 saturated heterocycles. The summed E-state index contributed by atoms with van der Waals surface area (Å²) in [7, 11) is 1.36. The number of alkyl halides is 2. The van der Waals surface area contributed by atoms with Crippen LogP contribution in [0.2, 0.25) is 0 Å². The predicted octanol–water partition coefficient (Wildman–Crippen LogP) is 3.89. The average Bonchev–Trinajstić information content (AvgIpc) is 3.21. The van der Waals surface area contributed by atoms with Crippen molar-refractivity contribution in [2.24, 2.45) is 17.8 Å². The fraction of sp³-hybridized carbons (Fsp3) is 0.379. The molecule has 38 heavy (non-hydrogen) atoms. The number of aryl methyl sites for hydroxylation is 1. The molecule has 196 valence electrons. The Balaban J connectivity index is 1.48. The molecular formula is C29H26Cl2N2O5. The maximum atomic E-state index is 13.8. The maximum Gasteiger partial charge on any atom is 0.253 e. The fourth-order valence-electron chi connectivity index (χ4n) is 6.96. The minimum atomic E-state index is -1.83. The number of phenols is 1. The van der Waals surface area contributed by atoms with Crippen LogP contribution in [-0.4, -0.2) is 55.3 Å². The molecule has 3 fully saturated rings. The second-order valence-electron chi connectivity index (χ2n) is 10.8. The van der Waals surface area contributed by atoms with Crippen molar-refractivity contribution in [3.8, 4) is 5.75 Å². The summed E-state index contributed by atoms with van der Waals surface area (Å²) in [4.78, 5) is 53.0. The number of allylic oxidation sites excluding steroid dienone is 2. The fourth-order valence-corrected chi connectivity index (χ4v) is 7.98. The number of fused-ring (bicyclic) bond motifs is 4. The summed E-state index contributed by atoms with van der Waals surface area (Å²) in [6, 6.07) is 14.2. The smallest absolute Gasteiger partial charge is 0.253 e. The molecule has 0 bridgehead atoms. The molecule has 6 rings (SSSR count). The van der Waals surface area contributed by atoms with Gasteiger partial charge >= 0.3 is 0 Å². The van der Waals surface area contributed by atoms with Crippen LogP contribution >= 0.6 is 23.2 Å². The first kappa shape index (κ1) is 25.1. The number of imide groups is 2. The largest absolute Gasteiger partial charge is 0.508 e. The maximum absolute atomic E-state index is 13.8. The van der Waals surface area contributed by atoms with Gasteiger partial charge in [-0.05, 0) is 48.4 Å². The minimum absolute atomic E-state index is 0.0360. The van der Waals surface area contributed by atoms with Crippen LogP contribution in [-0.2, 0) is 25.7 Å². The molecule has 2 aromatic rings. The zero-order valence-corrected chi connectivity index (χ0v) is 22.4. The monoisotopic (exact) mass is 552 g/mol. The topological polar surface area (TPSA) is 95.0 Å². The first-order valence-electron chi connectivity index (χ1n) is 12.6. The van der Waals surface area contributed by atoms with E-state index in [1.165, 1.54) is 18.0 Å². The number of carbonyl (C=O) groups is 4. The van der Waals surface area contributed by atoms with Gasteiger partial charge in [-0.1, -0.05) is 54.1 Å². The summed E-state index contributed by atoms with van der Waals surface area (Å²) in [6.45, 7) is 1.90. The van der Waals surface area contributed by atoms with E-state index in [0.29, 0.717) is 17.5 Å². The molecule has 1 saturated carbocycles. The Labute approximate surface area is 230 Å². The van der Waals surface area contributed by atoms with Gasteiger partial charge in [0, 0.05) is 13.0 Å². The summed E-state index contributed by atoms with van der Waals surface area (Å²) in [5, 5.41) is 10.2. The summed E-state index contributed by atoms with van der Waals surface area (Å²) in [5.41, 5.74) is 2.77. The highest BCUT2D eigenvalue weighted by atomic mass is 35.5. The zero-order chi connectivity index (χ0) is 27.1. The standard InChI is InChI=1S/C29H26Cl2N2O5/c1-15-12-17(8-11-21(15)34)23-18-9-10-19-22(25(36)33(24(19)35)14-16-6-4-3-5-7-16)20(18)13-28(30)26(37)32(2)27(38)29(23,28)31/h3-9,11-12,19-20,22-23,34H,10,13-14H2,1-2H3/t19-,20+,22-,23-,28+,29-/m0/s1. The molecule has 6 atom stereocenters. The third-order valence-electron chi connectivity index (χ3n) is 8.84. The van der Waals surface area contributed by atoms with Crippen molar-refractivity contribution >= 4 is 46.8 Å². The molecule has 2 aromatic carbocycles. The molecule has 0 radical (unpaired) electrons. The summed E-state index contributed by atoms with van der Waals surface area (Å²) >= 11 is 14.3. The van der Waals surface area contributed by atoms with E-state index in [-0.39, 0.29) is 30.5 Å². The van der Waals surface area contributed by atoms with Crippen molar-refractivity contribution in [1.29, 1.82) is 0 Å². The molecule has 9 heteroatoms. The van der Waals surface area contributed by atoms with Crippen LogP contribution in [0.15, 0.2) is 60.2 Å². The van der Waals surface area contributed by atoms with Gasteiger partial charge in [0.2, 0.25) is 11.8 Å². The Hall–Kier alpha value is -3.16. The Kier molecular flexibility index (Phi) is 5.57. The molecule has 0 aromatic heterocycles. The minimum Gasteiger partial charge on any atom is -0.508 e. The number of likely N-dealkylation sites (tertiary alicyclic amines) is 2. The van der Waals surface area contributed by atoms with E-state index in [9.17, 15) is 24.3 Å². The highest BCUT2D eigenvalue weighted by Gasteiger charge is 2.75. The zero-order valence-electron chi connectivity index (χ0n) is 20.9. The Bertz CT molecular complexity index is 1440. The summed E-state index contributed by atoms with van der Waals surface area (Å²) < 4.78 is 0. The van der Waals surface area contributed by atoms with E-state index in [0.717, 1.165) is 16.0 Å². The molecule has 2 aliphatic carbocycles. The molecule has 4 aliphatic rings. The highest BCUT2D eigenvalue weighted by Crippen LogP contribution is 2.65. The van der Waals surface area contributed by atoms with Crippen LogP contribution in [0.4, 0.5) is 0 Å². The van der Waals surface area contributed by atoms with Crippen molar-refractivity contribution in [1.82, 2.24) is 9.80 Å². The van der Waals surface area contributed by atoms with Gasteiger partial charge in [-0.3, -0.25) is 29.0 Å². The predicted molar refractivity (Wildman–Crippen MR) is 140 cm³/mol. The van der Waals surface area contributed by atoms with Crippen LogP contribution in [0.25, 0.3) is 0 Å². The first-order valence-corrected chi connectivity index (χ1v) is 13.3. The Morgan fingerprint density at radius 2 is 1.68 bits per heavy atom. The Morgan fingerprint density at radius 3 is 2.37 bits per heavy atom. The average molecular weight is 553 g/mol. The van der Waals surface area contributed by atoms with Crippen LogP contribution in [0, 0.1) is 24.7 Å². The van der Waals surface area contributed by atoms with Crippen molar-refractivity contribution < 1.29 is 24.3 Å². The number of hydrogen-bond acceptors (Lipinski definition) is 5. The third-order valence-corrected chi connectivity index (χ3v) is 10.3.